The van der Waals surface area contributed by atoms with Crippen LogP contribution in [-0.4, -0.2) is 43.7 Å². The Morgan fingerprint density at radius 2 is 1.83 bits per heavy atom. The normalized spacial score (nSPS) is 9.72. The number of likely N-dealkylation sites (N-methyl/N-ethyl adjacent to an activating group) is 1. The number of urea groups is 1. The molecule has 0 saturated carbocycles. The van der Waals surface area contributed by atoms with Gasteiger partial charge in [-0.15, -0.1) is 11.8 Å². The molecule has 1 aromatic rings. The molecular formula is C12H17N3O2S. The Balaban J connectivity index is 2.42. The number of anilines is 1. The minimum atomic E-state index is -0.387. The number of carbonyl (C=O) groups excluding carboxylic acids is 2. The van der Waals surface area contributed by atoms with E-state index in [1.54, 1.807) is 25.9 Å². The maximum absolute atomic E-state index is 11.5. The maximum Gasteiger partial charge on any atom is 0.319 e. The van der Waals surface area contributed by atoms with Crippen molar-refractivity contribution in [2.75, 3.05) is 32.2 Å². The number of hydrogen-bond acceptors (Lipinski definition) is 3. The van der Waals surface area contributed by atoms with Crippen LogP contribution < -0.4 is 10.6 Å². The van der Waals surface area contributed by atoms with Gasteiger partial charge < -0.3 is 15.5 Å². The molecule has 1 rings (SSSR count). The van der Waals surface area contributed by atoms with E-state index in [1.165, 1.54) is 4.90 Å². The zero-order valence-corrected chi connectivity index (χ0v) is 11.5. The molecule has 0 spiro atoms. The monoisotopic (exact) mass is 267 g/mol. The average molecular weight is 267 g/mol. The maximum atomic E-state index is 11.5. The second-order valence-electron chi connectivity index (χ2n) is 3.82. The van der Waals surface area contributed by atoms with E-state index in [0.717, 1.165) is 4.90 Å². The lowest BCUT2D eigenvalue weighted by Gasteiger charge is -2.11. The highest BCUT2D eigenvalue weighted by Gasteiger charge is 2.06. The molecule has 0 unspecified atom stereocenters. The van der Waals surface area contributed by atoms with Gasteiger partial charge in [0.25, 0.3) is 0 Å². The van der Waals surface area contributed by atoms with Crippen LogP contribution in [0.5, 0.6) is 0 Å². The molecule has 1 aromatic carbocycles. The summed E-state index contributed by atoms with van der Waals surface area (Å²) in [4.78, 5) is 25.3. The van der Waals surface area contributed by atoms with Crippen molar-refractivity contribution >= 4 is 29.4 Å². The number of carbonyl (C=O) groups is 2. The highest BCUT2D eigenvalue weighted by Crippen LogP contribution is 2.17. The molecular weight excluding hydrogens is 250 g/mol. The molecule has 0 aliphatic rings. The fraction of sp³-hybridized carbons (Fsp3) is 0.333. The summed E-state index contributed by atoms with van der Waals surface area (Å²) >= 11 is 1.64. The van der Waals surface area contributed by atoms with Crippen molar-refractivity contribution in [3.8, 4) is 0 Å². The van der Waals surface area contributed by atoms with Gasteiger partial charge in [0.05, 0.1) is 6.54 Å². The summed E-state index contributed by atoms with van der Waals surface area (Å²) in [6.07, 6.45) is 1.99. The minimum Gasteiger partial charge on any atom is -0.347 e. The highest BCUT2D eigenvalue weighted by atomic mass is 32.2. The zero-order chi connectivity index (χ0) is 13.5. The number of hydrogen-bond donors (Lipinski definition) is 2. The van der Waals surface area contributed by atoms with Crippen LogP contribution in [0.2, 0.25) is 0 Å². The van der Waals surface area contributed by atoms with E-state index in [0.29, 0.717) is 5.69 Å². The number of rotatable bonds is 4. The van der Waals surface area contributed by atoms with Crippen molar-refractivity contribution in [1.29, 1.82) is 0 Å². The summed E-state index contributed by atoms with van der Waals surface area (Å²) in [6, 6.07) is 7.09. The van der Waals surface area contributed by atoms with Crippen LogP contribution in [0.3, 0.4) is 0 Å². The smallest absolute Gasteiger partial charge is 0.319 e. The number of thioether (sulfide) groups is 1. The largest absolute Gasteiger partial charge is 0.347 e. The van der Waals surface area contributed by atoms with Gasteiger partial charge in [-0.3, -0.25) is 4.79 Å². The minimum absolute atomic E-state index is 0.0122. The van der Waals surface area contributed by atoms with Crippen LogP contribution in [-0.2, 0) is 4.79 Å². The van der Waals surface area contributed by atoms with Gasteiger partial charge >= 0.3 is 6.03 Å². The van der Waals surface area contributed by atoms with Gasteiger partial charge in [-0.1, -0.05) is 0 Å². The first-order chi connectivity index (χ1) is 8.52. The fourth-order valence-corrected chi connectivity index (χ4v) is 1.57. The number of benzene rings is 1. The molecule has 0 atom stereocenters. The molecule has 98 valence electrons. The van der Waals surface area contributed by atoms with Gasteiger partial charge in [0, 0.05) is 24.7 Å². The lowest BCUT2D eigenvalue weighted by atomic mass is 10.3. The van der Waals surface area contributed by atoms with Crippen molar-refractivity contribution < 1.29 is 9.59 Å². The van der Waals surface area contributed by atoms with E-state index in [4.69, 9.17) is 0 Å². The van der Waals surface area contributed by atoms with Gasteiger partial charge in [0.2, 0.25) is 5.91 Å². The molecule has 2 N–H and O–H groups in total. The van der Waals surface area contributed by atoms with Crippen molar-refractivity contribution in [3.63, 3.8) is 0 Å². The van der Waals surface area contributed by atoms with Crippen LogP contribution in [0.15, 0.2) is 29.2 Å². The van der Waals surface area contributed by atoms with Crippen LogP contribution in [0.4, 0.5) is 10.5 Å². The van der Waals surface area contributed by atoms with Crippen molar-refractivity contribution in [1.82, 2.24) is 10.2 Å². The number of nitrogens with one attached hydrogen (secondary N) is 2. The van der Waals surface area contributed by atoms with E-state index in [2.05, 4.69) is 10.6 Å². The van der Waals surface area contributed by atoms with E-state index in [9.17, 15) is 9.59 Å². The Hall–Kier alpha value is -1.69. The van der Waals surface area contributed by atoms with Crippen LogP contribution >= 0.6 is 11.8 Å². The molecule has 0 fully saturated rings. The Morgan fingerprint density at radius 1 is 1.22 bits per heavy atom. The SMILES string of the molecule is CSc1ccc(NC(=O)NCC(=O)N(C)C)cc1. The standard InChI is InChI=1S/C12H17N3O2S/c1-15(2)11(16)8-13-12(17)14-9-4-6-10(18-3)7-5-9/h4-7H,8H2,1-3H3,(H2,13,14,17). The van der Waals surface area contributed by atoms with E-state index in [-0.39, 0.29) is 18.5 Å². The molecule has 0 heterocycles. The summed E-state index contributed by atoms with van der Waals surface area (Å²) in [5.41, 5.74) is 0.697. The van der Waals surface area contributed by atoms with E-state index >= 15 is 0 Å². The molecule has 0 bridgehead atoms. The van der Waals surface area contributed by atoms with E-state index in [1.807, 2.05) is 30.5 Å². The number of nitrogens with zero attached hydrogens (tertiary/aromatic N) is 1. The van der Waals surface area contributed by atoms with Gasteiger partial charge in [0.1, 0.15) is 0 Å². The number of amides is 3. The fourth-order valence-electron chi connectivity index (χ4n) is 1.16. The van der Waals surface area contributed by atoms with Gasteiger partial charge in [-0.25, -0.2) is 4.79 Å². The first-order valence-corrected chi connectivity index (χ1v) is 6.64. The summed E-state index contributed by atoms with van der Waals surface area (Å²) in [6.45, 7) is -0.0122. The van der Waals surface area contributed by atoms with Crippen molar-refractivity contribution in [2.24, 2.45) is 0 Å². The molecule has 0 radical (unpaired) electrons. The lowest BCUT2D eigenvalue weighted by molar-refractivity contribution is -0.127. The van der Waals surface area contributed by atoms with E-state index < -0.39 is 0 Å². The van der Waals surface area contributed by atoms with Gasteiger partial charge in [0.15, 0.2) is 0 Å². The topological polar surface area (TPSA) is 61.4 Å². The third kappa shape index (κ3) is 4.67. The Morgan fingerprint density at radius 3 is 2.33 bits per heavy atom. The molecule has 0 aliphatic heterocycles. The Labute approximate surface area is 111 Å². The third-order valence-electron chi connectivity index (χ3n) is 2.25. The summed E-state index contributed by atoms with van der Waals surface area (Å²) in [5, 5.41) is 5.15. The second-order valence-corrected chi connectivity index (χ2v) is 4.70. The predicted octanol–water partition coefficient (Wildman–Crippen LogP) is 1.62. The average Bonchev–Trinajstić information content (AvgIpc) is 2.36. The summed E-state index contributed by atoms with van der Waals surface area (Å²) < 4.78 is 0. The Kier molecular flexibility index (Phi) is 5.51. The van der Waals surface area contributed by atoms with Gasteiger partial charge in [-0.2, -0.15) is 0 Å². The van der Waals surface area contributed by atoms with Crippen LogP contribution in [0.25, 0.3) is 0 Å². The molecule has 3 amide bonds. The third-order valence-corrected chi connectivity index (χ3v) is 2.99. The van der Waals surface area contributed by atoms with Crippen molar-refractivity contribution in [3.05, 3.63) is 24.3 Å². The van der Waals surface area contributed by atoms with Crippen molar-refractivity contribution in [2.45, 2.75) is 4.90 Å². The molecule has 0 aromatic heterocycles. The first kappa shape index (κ1) is 14.4. The lowest BCUT2D eigenvalue weighted by Crippen LogP contribution is -2.38. The quantitative estimate of drug-likeness (QED) is 0.815. The summed E-state index contributed by atoms with van der Waals surface area (Å²) in [7, 11) is 3.28. The van der Waals surface area contributed by atoms with Crippen LogP contribution in [0, 0.1) is 0 Å². The highest BCUT2D eigenvalue weighted by molar-refractivity contribution is 7.98. The molecule has 18 heavy (non-hydrogen) atoms. The summed E-state index contributed by atoms with van der Waals surface area (Å²) in [5.74, 6) is -0.150. The second kappa shape index (κ2) is 6.90. The van der Waals surface area contributed by atoms with Crippen LogP contribution in [0.1, 0.15) is 0 Å². The molecule has 6 heteroatoms. The Bertz CT molecular complexity index is 418. The molecule has 0 aliphatic carbocycles. The first-order valence-electron chi connectivity index (χ1n) is 5.42. The molecule has 0 saturated heterocycles. The molecule has 5 nitrogen and oxygen atoms in total. The zero-order valence-electron chi connectivity index (χ0n) is 10.7. The van der Waals surface area contributed by atoms with Gasteiger partial charge in [-0.05, 0) is 30.5 Å². The predicted molar refractivity (Wildman–Crippen MR) is 73.9 cm³/mol.